The zero-order valence-electron chi connectivity index (χ0n) is 12.3. The number of aliphatic carboxylic acids is 1. The van der Waals surface area contributed by atoms with Crippen molar-refractivity contribution < 1.29 is 19.4 Å². The van der Waals surface area contributed by atoms with E-state index in [1.807, 2.05) is 20.8 Å². The predicted octanol–water partition coefficient (Wildman–Crippen LogP) is 1.40. The normalized spacial score (nSPS) is 23.5. The molecule has 0 aliphatic carbocycles. The lowest BCUT2D eigenvalue weighted by atomic mass is 10.0. The molecule has 0 radical (unpaired) electrons. The molecule has 2 atom stereocenters. The van der Waals surface area contributed by atoms with Crippen LogP contribution in [0.3, 0.4) is 0 Å². The number of hydrogen-bond donors (Lipinski definition) is 1. The summed E-state index contributed by atoms with van der Waals surface area (Å²) >= 11 is 0. The van der Waals surface area contributed by atoms with Gasteiger partial charge in [-0.2, -0.15) is 0 Å². The number of carboxylic acid groups (broad SMARTS) is 1. The van der Waals surface area contributed by atoms with Crippen LogP contribution in [0, 0.1) is 0 Å². The number of urea groups is 1. The van der Waals surface area contributed by atoms with Gasteiger partial charge >= 0.3 is 12.0 Å². The van der Waals surface area contributed by atoms with E-state index < -0.39 is 12.0 Å². The Labute approximate surface area is 114 Å². The zero-order valence-corrected chi connectivity index (χ0v) is 12.3. The molecule has 6 heteroatoms. The molecule has 1 rings (SSSR count). The number of carbonyl (C=O) groups is 2. The lowest BCUT2D eigenvalue weighted by Crippen LogP contribution is -2.53. The first-order valence-electron chi connectivity index (χ1n) is 6.54. The molecule has 2 unspecified atom stereocenters. The second kappa shape index (κ2) is 5.77. The van der Waals surface area contributed by atoms with Gasteiger partial charge in [-0.25, -0.2) is 9.59 Å². The van der Waals surface area contributed by atoms with Crippen molar-refractivity contribution in [2.75, 3.05) is 20.7 Å². The van der Waals surface area contributed by atoms with Crippen LogP contribution in [0.15, 0.2) is 0 Å². The summed E-state index contributed by atoms with van der Waals surface area (Å²) in [7, 11) is 3.25. The summed E-state index contributed by atoms with van der Waals surface area (Å²) in [6, 6.07) is -1.05. The minimum atomic E-state index is -0.976. The fraction of sp³-hybridized carbons (Fsp3) is 0.846. The lowest BCUT2D eigenvalue weighted by molar-refractivity contribution is -0.141. The van der Waals surface area contributed by atoms with Crippen molar-refractivity contribution in [3.05, 3.63) is 0 Å². The molecule has 0 bridgehead atoms. The summed E-state index contributed by atoms with van der Waals surface area (Å²) in [4.78, 5) is 26.7. The SMILES string of the molecule is CCC(C)(C)N(C)C(=O)N1CC(OC)CC1C(=O)O. The first-order chi connectivity index (χ1) is 8.74. The number of ether oxygens (including phenoxy) is 1. The Kier molecular flexibility index (Phi) is 4.79. The van der Waals surface area contributed by atoms with Crippen LogP contribution in [-0.4, -0.2) is 65.3 Å². The predicted molar refractivity (Wildman–Crippen MR) is 71.1 cm³/mol. The molecular weight excluding hydrogens is 248 g/mol. The van der Waals surface area contributed by atoms with Crippen molar-refractivity contribution in [2.45, 2.75) is 51.3 Å². The van der Waals surface area contributed by atoms with Gasteiger partial charge in [-0.3, -0.25) is 0 Å². The summed E-state index contributed by atoms with van der Waals surface area (Å²) in [5, 5.41) is 9.22. The highest BCUT2D eigenvalue weighted by atomic mass is 16.5. The van der Waals surface area contributed by atoms with Crippen molar-refractivity contribution in [3.63, 3.8) is 0 Å². The average molecular weight is 272 g/mol. The van der Waals surface area contributed by atoms with E-state index in [1.54, 1.807) is 11.9 Å². The summed E-state index contributed by atoms with van der Waals surface area (Å²) in [6.07, 6.45) is 0.940. The van der Waals surface area contributed by atoms with Gasteiger partial charge in [0.05, 0.1) is 6.10 Å². The lowest BCUT2D eigenvalue weighted by Gasteiger charge is -2.38. The smallest absolute Gasteiger partial charge is 0.326 e. The first kappa shape index (κ1) is 15.8. The number of nitrogens with zero attached hydrogens (tertiary/aromatic N) is 2. The maximum Gasteiger partial charge on any atom is 0.326 e. The van der Waals surface area contributed by atoms with Crippen molar-refractivity contribution in [1.29, 1.82) is 0 Å². The van der Waals surface area contributed by atoms with Crippen LogP contribution in [-0.2, 0) is 9.53 Å². The molecule has 0 saturated carbocycles. The number of rotatable bonds is 4. The summed E-state index contributed by atoms with van der Waals surface area (Å²) in [5.41, 5.74) is -0.300. The highest BCUT2D eigenvalue weighted by molar-refractivity contribution is 5.83. The van der Waals surface area contributed by atoms with E-state index in [0.29, 0.717) is 13.0 Å². The van der Waals surface area contributed by atoms with Crippen LogP contribution in [0.1, 0.15) is 33.6 Å². The molecular formula is C13H24N2O4. The van der Waals surface area contributed by atoms with Gasteiger partial charge in [-0.05, 0) is 20.3 Å². The number of carboxylic acids is 1. The van der Waals surface area contributed by atoms with Gasteiger partial charge in [0.2, 0.25) is 0 Å². The van der Waals surface area contributed by atoms with E-state index in [0.717, 1.165) is 6.42 Å². The Bertz CT molecular complexity index is 357. The van der Waals surface area contributed by atoms with Crippen molar-refractivity contribution in [2.24, 2.45) is 0 Å². The molecule has 110 valence electrons. The molecule has 1 aliphatic heterocycles. The second-order valence-electron chi connectivity index (χ2n) is 5.61. The number of methoxy groups -OCH3 is 1. The third-order valence-corrected chi connectivity index (χ3v) is 4.19. The molecule has 1 N–H and O–H groups in total. The maximum atomic E-state index is 12.5. The Hall–Kier alpha value is -1.30. The van der Waals surface area contributed by atoms with Crippen molar-refractivity contribution in [3.8, 4) is 0 Å². The first-order valence-corrected chi connectivity index (χ1v) is 6.54. The van der Waals surface area contributed by atoms with Crippen LogP contribution in [0.2, 0.25) is 0 Å². The van der Waals surface area contributed by atoms with E-state index >= 15 is 0 Å². The summed E-state index contributed by atoms with van der Waals surface area (Å²) in [6.45, 7) is 6.26. The average Bonchev–Trinajstić information content (AvgIpc) is 2.81. The molecule has 1 aliphatic rings. The fourth-order valence-corrected chi connectivity index (χ4v) is 2.10. The van der Waals surface area contributed by atoms with Crippen molar-refractivity contribution >= 4 is 12.0 Å². The zero-order chi connectivity index (χ0) is 14.8. The molecule has 1 fully saturated rings. The third kappa shape index (κ3) is 3.18. The highest BCUT2D eigenvalue weighted by Gasteiger charge is 2.42. The third-order valence-electron chi connectivity index (χ3n) is 4.19. The van der Waals surface area contributed by atoms with Gasteiger partial charge < -0.3 is 19.6 Å². The number of hydrogen-bond acceptors (Lipinski definition) is 3. The minimum absolute atomic E-state index is 0.205. The summed E-state index contributed by atoms with van der Waals surface area (Å²) in [5.74, 6) is -0.976. The Balaban J connectivity index is 2.88. The van der Waals surface area contributed by atoms with E-state index in [9.17, 15) is 14.7 Å². The molecule has 2 amide bonds. The monoisotopic (exact) mass is 272 g/mol. The number of likely N-dealkylation sites (tertiary alicyclic amines) is 1. The molecule has 0 spiro atoms. The fourth-order valence-electron chi connectivity index (χ4n) is 2.10. The van der Waals surface area contributed by atoms with Gasteiger partial charge in [-0.15, -0.1) is 0 Å². The van der Waals surface area contributed by atoms with E-state index in [-0.39, 0.29) is 17.7 Å². The number of carbonyl (C=O) groups excluding carboxylic acids is 1. The van der Waals surface area contributed by atoms with E-state index in [2.05, 4.69) is 0 Å². The standard InChI is InChI=1S/C13H24N2O4/c1-6-13(2,3)14(4)12(18)15-8-9(19-5)7-10(15)11(16)17/h9-10H,6-8H2,1-5H3,(H,16,17). The van der Waals surface area contributed by atoms with Crippen LogP contribution in [0.5, 0.6) is 0 Å². The molecule has 1 heterocycles. The molecule has 0 aromatic carbocycles. The Morgan fingerprint density at radius 3 is 2.47 bits per heavy atom. The van der Waals surface area contributed by atoms with Gasteiger partial charge in [-0.1, -0.05) is 6.92 Å². The van der Waals surface area contributed by atoms with E-state index in [4.69, 9.17) is 4.74 Å². The van der Waals surface area contributed by atoms with Crippen LogP contribution in [0.25, 0.3) is 0 Å². The van der Waals surface area contributed by atoms with Crippen LogP contribution < -0.4 is 0 Å². The van der Waals surface area contributed by atoms with Gasteiger partial charge in [0.1, 0.15) is 6.04 Å². The molecule has 6 nitrogen and oxygen atoms in total. The minimum Gasteiger partial charge on any atom is -0.480 e. The summed E-state index contributed by atoms with van der Waals surface area (Å²) < 4.78 is 5.19. The van der Waals surface area contributed by atoms with E-state index in [1.165, 1.54) is 12.0 Å². The highest BCUT2D eigenvalue weighted by Crippen LogP contribution is 2.25. The van der Waals surface area contributed by atoms with Crippen molar-refractivity contribution in [1.82, 2.24) is 9.80 Å². The maximum absolute atomic E-state index is 12.5. The van der Waals surface area contributed by atoms with Gasteiger partial charge in [0, 0.05) is 32.7 Å². The molecule has 1 saturated heterocycles. The largest absolute Gasteiger partial charge is 0.480 e. The topological polar surface area (TPSA) is 70.1 Å². The van der Waals surface area contributed by atoms with Gasteiger partial charge in [0.25, 0.3) is 0 Å². The Morgan fingerprint density at radius 2 is 2.05 bits per heavy atom. The van der Waals surface area contributed by atoms with Gasteiger partial charge in [0.15, 0.2) is 0 Å². The van der Waals surface area contributed by atoms with Crippen LogP contribution in [0.4, 0.5) is 4.79 Å². The molecule has 0 aromatic rings. The Morgan fingerprint density at radius 1 is 1.47 bits per heavy atom. The number of amides is 2. The van der Waals surface area contributed by atoms with Crippen LogP contribution >= 0.6 is 0 Å². The molecule has 0 aromatic heterocycles. The second-order valence-corrected chi connectivity index (χ2v) is 5.61. The molecule has 19 heavy (non-hydrogen) atoms. The quantitative estimate of drug-likeness (QED) is 0.840.